The zero-order valence-corrected chi connectivity index (χ0v) is 23.4. The number of pyridine rings is 1. The van der Waals surface area contributed by atoms with Crippen molar-refractivity contribution < 1.29 is 27.5 Å². The van der Waals surface area contributed by atoms with Crippen LogP contribution in [0.15, 0.2) is 96.0 Å². The number of rotatable bonds is 7. The van der Waals surface area contributed by atoms with Crippen LogP contribution in [0.4, 0.5) is 0 Å². The van der Waals surface area contributed by atoms with Gasteiger partial charge in [0.2, 0.25) is 28.6 Å². The monoisotopic (exact) mass is 584 g/mol. The van der Waals surface area contributed by atoms with Crippen LogP contribution in [0.25, 0.3) is 17.0 Å². The van der Waals surface area contributed by atoms with Crippen molar-refractivity contribution in [2.75, 3.05) is 26.4 Å². The molecular formula is C31H28N4O6S. The average Bonchev–Trinajstić information content (AvgIpc) is 3.50. The summed E-state index contributed by atoms with van der Waals surface area (Å²) in [6.07, 6.45) is 4.67. The quantitative estimate of drug-likeness (QED) is 0.332. The van der Waals surface area contributed by atoms with Gasteiger partial charge in [0.15, 0.2) is 11.5 Å². The Bertz CT molecular complexity index is 1770. The number of aromatic nitrogens is 1. The highest BCUT2D eigenvalue weighted by molar-refractivity contribution is 7.89. The second kappa shape index (κ2) is 11.6. The summed E-state index contributed by atoms with van der Waals surface area (Å²) in [5.41, 5.74) is 1.94. The molecule has 11 heteroatoms. The number of nitrogens with zero attached hydrogens (tertiary/aromatic N) is 3. The molecule has 214 valence electrons. The van der Waals surface area contributed by atoms with Crippen molar-refractivity contribution in [2.45, 2.75) is 17.5 Å². The van der Waals surface area contributed by atoms with Crippen LogP contribution in [0, 0.1) is 0 Å². The summed E-state index contributed by atoms with van der Waals surface area (Å²) < 4.78 is 40.1. The number of hydrogen-bond acceptors (Lipinski definition) is 7. The Kier molecular flexibility index (Phi) is 7.60. The third-order valence-corrected chi connectivity index (χ3v) is 9.19. The van der Waals surface area contributed by atoms with Crippen LogP contribution in [0.2, 0.25) is 0 Å². The van der Waals surface area contributed by atoms with E-state index in [0.29, 0.717) is 22.4 Å². The standard InChI is InChI=1S/C31H28N4O6S/c36-29(14-12-22-6-2-1-3-7-22)34-16-17-35(42(38,39)28-10-4-8-24-9-5-15-32-30(24)28)25(20-34)31(37)33-19-23-11-13-26-27(18-23)41-21-40-26/h1-15,18,25H,16-17,19-21H2,(H,33,37)/b14-12+. The predicted octanol–water partition coefficient (Wildman–Crippen LogP) is 3.19. The Morgan fingerprint density at radius 1 is 0.952 bits per heavy atom. The summed E-state index contributed by atoms with van der Waals surface area (Å²) in [5, 5.41) is 3.52. The number of sulfonamides is 1. The van der Waals surface area contributed by atoms with Crippen LogP contribution in [-0.4, -0.2) is 66.9 Å². The van der Waals surface area contributed by atoms with E-state index in [9.17, 15) is 18.0 Å². The number of fused-ring (bicyclic) bond motifs is 2. The number of carbonyl (C=O) groups excluding carboxylic acids is 2. The van der Waals surface area contributed by atoms with Gasteiger partial charge in [-0.2, -0.15) is 4.31 Å². The zero-order valence-electron chi connectivity index (χ0n) is 22.5. The zero-order chi connectivity index (χ0) is 29.1. The Hall–Kier alpha value is -4.74. The molecule has 1 saturated heterocycles. The fourth-order valence-electron chi connectivity index (χ4n) is 5.07. The molecule has 0 bridgehead atoms. The molecule has 1 atom stereocenters. The lowest BCUT2D eigenvalue weighted by molar-refractivity contribution is -0.132. The molecule has 1 N–H and O–H groups in total. The fourth-order valence-corrected chi connectivity index (χ4v) is 6.81. The maximum atomic E-state index is 14.1. The van der Waals surface area contributed by atoms with Gasteiger partial charge in [-0.15, -0.1) is 0 Å². The van der Waals surface area contributed by atoms with E-state index < -0.39 is 22.0 Å². The SMILES string of the molecule is O=C(NCc1ccc2c(c1)OCO2)C1CN(C(=O)/C=C/c2ccccc2)CCN1S(=O)(=O)c1cccc2cccnc12. The topological polar surface area (TPSA) is 118 Å². The third-order valence-electron chi connectivity index (χ3n) is 7.25. The first-order valence-corrected chi connectivity index (χ1v) is 14.9. The number of benzene rings is 3. The van der Waals surface area contributed by atoms with Crippen molar-refractivity contribution in [3.05, 3.63) is 102 Å². The maximum absolute atomic E-state index is 14.1. The molecule has 2 aliphatic heterocycles. The summed E-state index contributed by atoms with van der Waals surface area (Å²) in [7, 11) is -4.16. The van der Waals surface area contributed by atoms with Gasteiger partial charge < -0.3 is 19.7 Å². The maximum Gasteiger partial charge on any atom is 0.246 e. The molecule has 0 radical (unpaired) electrons. The number of ether oxygens (including phenoxy) is 2. The first-order chi connectivity index (χ1) is 20.4. The number of nitrogens with one attached hydrogen (secondary N) is 1. The van der Waals surface area contributed by atoms with Crippen molar-refractivity contribution in [1.82, 2.24) is 19.5 Å². The van der Waals surface area contributed by atoms with Crippen LogP contribution in [0.5, 0.6) is 11.5 Å². The number of para-hydroxylation sites is 1. The van der Waals surface area contributed by atoms with Crippen molar-refractivity contribution in [3.8, 4) is 11.5 Å². The van der Waals surface area contributed by atoms with Crippen molar-refractivity contribution in [1.29, 1.82) is 0 Å². The van der Waals surface area contributed by atoms with E-state index in [1.165, 1.54) is 27.5 Å². The van der Waals surface area contributed by atoms with Crippen LogP contribution < -0.4 is 14.8 Å². The molecule has 2 amide bonds. The largest absolute Gasteiger partial charge is 0.454 e. The van der Waals surface area contributed by atoms with Crippen molar-refractivity contribution >= 4 is 38.8 Å². The minimum absolute atomic E-state index is 0.0120. The molecule has 2 aliphatic rings. The van der Waals surface area contributed by atoms with Gasteiger partial charge in [0.25, 0.3) is 0 Å². The molecule has 1 unspecified atom stereocenters. The van der Waals surface area contributed by atoms with E-state index in [4.69, 9.17) is 9.47 Å². The second-order valence-corrected chi connectivity index (χ2v) is 11.8. The second-order valence-electron chi connectivity index (χ2n) is 9.90. The smallest absolute Gasteiger partial charge is 0.246 e. The van der Waals surface area contributed by atoms with Crippen LogP contribution in [-0.2, 0) is 26.2 Å². The highest BCUT2D eigenvalue weighted by atomic mass is 32.2. The highest BCUT2D eigenvalue weighted by Crippen LogP contribution is 2.32. The Balaban J connectivity index is 1.27. The summed E-state index contributed by atoms with van der Waals surface area (Å²) in [6, 6.07) is 22.0. The average molecular weight is 585 g/mol. The first-order valence-electron chi connectivity index (χ1n) is 13.4. The Morgan fingerprint density at radius 2 is 1.76 bits per heavy atom. The lowest BCUT2D eigenvalue weighted by atomic mass is 10.1. The molecule has 3 aromatic carbocycles. The number of piperazine rings is 1. The molecule has 1 aromatic heterocycles. The minimum atomic E-state index is -4.16. The molecule has 1 fully saturated rings. The normalized spacial score (nSPS) is 17.0. The van der Waals surface area contributed by atoms with Gasteiger partial charge in [-0.05, 0) is 41.5 Å². The minimum Gasteiger partial charge on any atom is -0.454 e. The van der Waals surface area contributed by atoms with Gasteiger partial charge in [-0.3, -0.25) is 14.6 Å². The van der Waals surface area contributed by atoms with E-state index in [1.54, 1.807) is 48.5 Å². The molecule has 3 heterocycles. The Morgan fingerprint density at radius 3 is 2.62 bits per heavy atom. The lowest BCUT2D eigenvalue weighted by Gasteiger charge is -2.39. The van der Waals surface area contributed by atoms with Gasteiger partial charge in [0.05, 0.1) is 5.52 Å². The van der Waals surface area contributed by atoms with Gasteiger partial charge in [-0.25, -0.2) is 8.42 Å². The van der Waals surface area contributed by atoms with Gasteiger partial charge in [-0.1, -0.05) is 54.6 Å². The molecule has 0 spiro atoms. The van der Waals surface area contributed by atoms with Gasteiger partial charge in [0, 0.05) is 43.8 Å². The van der Waals surface area contributed by atoms with Crippen molar-refractivity contribution in [2.24, 2.45) is 0 Å². The highest BCUT2D eigenvalue weighted by Gasteiger charge is 2.41. The first kappa shape index (κ1) is 27.4. The van der Waals surface area contributed by atoms with Crippen LogP contribution in [0.3, 0.4) is 0 Å². The van der Waals surface area contributed by atoms with E-state index in [0.717, 1.165) is 11.1 Å². The molecule has 0 saturated carbocycles. The summed E-state index contributed by atoms with van der Waals surface area (Å²) in [4.78, 5) is 32.6. The van der Waals surface area contributed by atoms with Crippen LogP contribution >= 0.6 is 0 Å². The summed E-state index contributed by atoms with van der Waals surface area (Å²) >= 11 is 0. The summed E-state index contributed by atoms with van der Waals surface area (Å²) in [6.45, 7) is 0.228. The lowest BCUT2D eigenvalue weighted by Crippen LogP contribution is -2.61. The Labute approximate surface area is 243 Å². The molecule has 6 rings (SSSR count). The number of carbonyl (C=O) groups is 2. The number of hydrogen-bond donors (Lipinski definition) is 1. The van der Waals surface area contributed by atoms with Crippen molar-refractivity contribution in [3.63, 3.8) is 0 Å². The van der Waals surface area contributed by atoms with Gasteiger partial charge >= 0.3 is 0 Å². The third kappa shape index (κ3) is 5.56. The van der Waals surface area contributed by atoms with E-state index in [2.05, 4.69) is 10.3 Å². The fraction of sp³-hybridized carbons (Fsp3) is 0.194. The number of amides is 2. The van der Waals surface area contributed by atoms with E-state index in [-0.39, 0.29) is 43.8 Å². The molecule has 4 aromatic rings. The van der Waals surface area contributed by atoms with E-state index in [1.807, 2.05) is 30.3 Å². The molecule has 42 heavy (non-hydrogen) atoms. The van der Waals surface area contributed by atoms with E-state index >= 15 is 0 Å². The van der Waals surface area contributed by atoms with Gasteiger partial charge in [0.1, 0.15) is 10.9 Å². The predicted molar refractivity (Wildman–Crippen MR) is 156 cm³/mol. The molecule has 0 aliphatic carbocycles. The molecular weight excluding hydrogens is 556 g/mol. The molecule has 10 nitrogen and oxygen atoms in total. The summed E-state index contributed by atoms with van der Waals surface area (Å²) in [5.74, 6) is 0.371. The van der Waals surface area contributed by atoms with Crippen LogP contribution in [0.1, 0.15) is 11.1 Å².